The maximum atomic E-state index is 14.0. The van der Waals surface area contributed by atoms with Crippen molar-refractivity contribution in [1.82, 2.24) is 10.3 Å². The van der Waals surface area contributed by atoms with Crippen LogP contribution in [-0.4, -0.2) is 20.9 Å². The molecule has 0 aliphatic heterocycles. The molecular formula is C16H16FI2N3O. The second kappa shape index (κ2) is 8.22. The molecule has 2 rings (SSSR count). The van der Waals surface area contributed by atoms with Crippen molar-refractivity contribution in [2.24, 2.45) is 0 Å². The fraction of sp³-hybridized carbons (Fsp3) is 0.250. The number of aromatic nitrogens is 1. The van der Waals surface area contributed by atoms with Gasteiger partial charge in [-0.25, -0.2) is 4.39 Å². The number of pyridine rings is 1. The van der Waals surface area contributed by atoms with Crippen molar-refractivity contribution in [2.45, 2.75) is 23.8 Å². The Balaban J connectivity index is 2.25. The molecule has 0 radical (unpaired) electrons. The Labute approximate surface area is 161 Å². The predicted molar refractivity (Wildman–Crippen MR) is 107 cm³/mol. The topological polar surface area (TPSA) is 54.0 Å². The molecule has 4 nitrogen and oxygen atoms in total. The van der Waals surface area contributed by atoms with Crippen molar-refractivity contribution in [3.63, 3.8) is 0 Å². The van der Waals surface area contributed by atoms with E-state index in [1.807, 2.05) is 36.4 Å². The number of hydrogen-bond acceptors (Lipinski definition) is 3. The van der Waals surface area contributed by atoms with Crippen molar-refractivity contribution in [1.29, 1.82) is 0 Å². The van der Waals surface area contributed by atoms with Gasteiger partial charge in [0.2, 0.25) is 0 Å². The van der Waals surface area contributed by atoms with E-state index < -0.39 is 0 Å². The molecule has 7 heteroatoms. The number of benzene rings is 1. The number of nitrogens with one attached hydrogen (secondary N) is 2. The maximum Gasteiger partial charge on any atom is 0.253 e. The van der Waals surface area contributed by atoms with Gasteiger partial charge in [-0.15, -0.1) is 0 Å². The highest BCUT2D eigenvalue weighted by Crippen LogP contribution is 2.24. The van der Waals surface area contributed by atoms with Gasteiger partial charge in [-0.1, -0.05) is 29.5 Å². The minimum Gasteiger partial charge on any atom is -0.351 e. The molecule has 1 aromatic heterocycles. The van der Waals surface area contributed by atoms with E-state index in [0.29, 0.717) is 20.9 Å². The highest BCUT2D eigenvalue weighted by atomic mass is 127. The molecule has 1 aromatic carbocycles. The third kappa shape index (κ3) is 5.00. The molecule has 0 aliphatic carbocycles. The molecule has 122 valence electrons. The molecule has 0 aliphatic rings. The van der Waals surface area contributed by atoms with E-state index in [4.69, 9.17) is 0 Å². The van der Waals surface area contributed by atoms with Crippen molar-refractivity contribution >= 4 is 62.5 Å². The molecular weight excluding hydrogens is 523 g/mol. The van der Waals surface area contributed by atoms with Crippen molar-refractivity contribution in [2.75, 3.05) is 5.32 Å². The van der Waals surface area contributed by atoms with Crippen LogP contribution in [0, 0.1) is 9.39 Å². The number of alkyl halides is 1. The van der Waals surface area contributed by atoms with Crippen LogP contribution in [0.5, 0.6) is 0 Å². The van der Waals surface area contributed by atoms with Crippen LogP contribution >= 0.6 is 45.2 Å². The van der Waals surface area contributed by atoms with E-state index in [1.165, 1.54) is 12.3 Å². The second-order valence-corrected chi connectivity index (χ2v) is 8.32. The highest BCUT2D eigenvalue weighted by Gasteiger charge is 2.17. The quantitative estimate of drug-likeness (QED) is 0.435. The van der Waals surface area contributed by atoms with Crippen LogP contribution in [0.15, 0.2) is 36.7 Å². The van der Waals surface area contributed by atoms with E-state index in [9.17, 15) is 9.18 Å². The van der Waals surface area contributed by atoms with Gasteiger partial charge in [0.1, 0.15) is 5.82 Å². The Morgan fingerprint density at radius 2 is 2.00 bits per heavy atom. The molecule has 2 atom stereocenters. The fourth-order valence-corrected chi connectivity index (χ4v) is 2.46. The predicted octanol–water partition coefficient (Wildman–Crippen LogP) is 4.51. The first kappa shape index (κ1) is 18.4. The van der Waals surface area contributed by atoms with Crippen molar-refractivity contribution in [3.05, 3.63) is 51.6 Å². The highest BCUT2D eigenvalue weighted by molar-refractivity contribution is 14.1. The summed E-state index contributed by atoms with van der Waals surface area (Å²) in [6.07, 6.45) is 3.06. The average molecular weight is 539 g/mol. The molecule has 0 bridgehead atoms. The Morgan fingerprint density at radius 1 is 1.26 bits per heavy atom. The SMILES string of the molecule is CC(I)C(C)NC(=O)c1ccncc1Nc1ccc(I)cc1F. The van der Waals surface area contributed by atoms with Crippen LogP contribution < -0.4 is 10.6 Å². The monoisotopic (exact) mass is 539 g/mol. The summed E-state index contributed by atoms with van der Waals surface area (Å²) in [6.45, 7) is 3.97. The molecule has 0 spiro atoms. The number of carbonyl (C=O) groups is 1. The number of hydrogen-bond donors (Lipinski definition) is 2. The minimum absolute atomic E-state index is 0.0270. The lowest BCUT2D eigenvalue weighted by molar-refractivity contribution is 0.0941. The Morgan fingerprint density at radius 3 is 2.65 bits per heavy atom. The molecule has 23 heavy (non-hydrogen) atoms. The standard InChI is InChI=1S/C16H16FI2N3O/c1-9(18)10(2)21-16(23)12-5-6-20-8-15(12)22-14-4-3-11(19)7-13(14)17/h3-10,22H,1-2H3,(H,21,23). The molecule has 0 saturated carbocycles. The van der Waals surface area contributed by atoms with Crippen LogP contribution in [0.1, 0.15) is 24.2 Å². The van der Waals surface area contributed by atoms with Gasteiger partial charge in [-0.3, -0.25) is 9.78 Å². The second-order valence-electron chi connectivity index (χ2n) is 5.11. The lowest BCUT2D eigenvalue weighted by Gasteiger charge is -2.18. The van der Waals surface area contributed by atoms with Crippen molar-refractivity contribution < 1.29 is 9.18 Å². The van der Waals surface area contributed by atoms with Crippen molar-refractivity contribution in [3.8, 4) is 0 Å². The maximum absolute atomic E-state index is 14.0. The third-order valence-electron chi connectivity index (χ3n) is 3.31. The van der Waals surface area contributed by atoms with Crippen LogP contribution in [0.4, 0.5) is 15.8 Å². The first-order valence-electron chi connectivity index (χ1n) is 6.99. The summed E-state index contributed by atoms with van der Waals surface area (Å²) in [5.41, 5.74) is 1.21. The Hall–Kier alpha value is -0.970. The summed E-state index contributed by atoms with van der Waals surface area (Å²) in [7, 11) is 0. The fourth-order valence-electron chi connectivity index (χ4n) is 1.83. The summed E-state index contributed by atoms with van der Waals surface area (Å²) >= 11 is 4.31. The molecule has 0 fully saturated rings. The molecule has 1 amide bonds. The summed E-state index contributed by atoms with van der Waals surface area (Å²) in [4.78, 5) is 16.4. The summed E-state index contributed by atoms with van der Waals surface area (Å²) in [6, 6.07) is 6.51. The number of carbonyl (C=O) groups excluding carboxylic acids is 1. The molecule has 1 heterocycles. The summed E-state index contributed by atoms with van der Waals surface area (Å²) in [5, 5.41) is 5.88. The number of amides is 1. The van der Waals surface area contributed by atoms with E-state index in [-0.39, 0.29) is 17.8 Å². The smallest absolute Gasteiger partial charge is 0.253 e. The van der Waals surface area contributed by atoms with Gasteiger partial charge in [0, 0.05) is 19.7 Å². The van der Waals surface area contributed by atoms with E-state index in [2.05, 4.69) is 38.2 Å². The minimum atomic E-state index is -0.374. The summed E-state index contributed by atoms with van der Waals surface area (Å²) < 4.78 is 15.1. The van der Waals surface area contributed by atoms with Gasteiger partial charge in [-0.2, -0.15) is 0 Å². The summed E-state index contributed by atoms with van der Waals surface area (Å²) in [5.74, 6) is -0.585. The molecule has 2 unspecified atom stereocenters. The van der Waals surface area contributed by atoms with E-state index in [1.54, 1.807) is 24.4 Å². The largest absolute Gasteiger partial charge is 0.351 e. The van der Waals surface area contributed by atoms with Gasteiger partial charge >= 0.3 is 0 Å². The van der Waals surface area contributed by atoms with Crippen LogP contribution in [0.25, 0.3) is 0 Å². The van der Waals surface area contributed by atoms with Gasteiger partial charge < -0.3 is 10.6 Å². The normalized spacial score (nSPS) is 13.3. The van der Waals surface area contributed by atoms with Crippen LogP contribution in [0.2, 0.25) is 0 Å². The zero-order valence-corrected chi connectivity index (χ0v) is 16.9. The molecule has 2 N–H and O–H groups in total. The number of rotatable bonds is 5. The van der Waals surface area contributed by atoms with Crippen LogP contribution in [-0.2, 0) is 0 Å². The van der Waals surface area contributed by atoms with Crippen LogP contribution in [0.3, 0.4) is 0 Å². The third-order valence-corrected chi connectivity index (χ3v) is 5.06. The van der Waals surface area contributed by atoms with E-state index >= 15 is 0 Å². The van der Waals surface area contributed by atoms with Gasteiger partial charge in [-0.05, 0) is 53.8 Å². The first-order valence-corrected chi connectivity index (χ1v) is 9.32. The lowest BCUT2D eigenvalue weighted by Crippen LogP contribution is -2.37. The Bertz CT molecular complexity index is 709. The zero-order chi connectivity index (χ0) is 17.0. The van der Waals surface area contributed by atoms with E-state index in [0.717, 1.165) is 3.57 Å². The first-order chi connectivity index (χ1) is 10.9. The Kier molecular flexibility index (Phi) is 6.57. The molecule has 2 aromatic rings. The number of nitrogens with zero attached hydrogens (tertiary/aromatic N) is 1. The number of anilines is 2. The van der Waals surface area contributed by atoms with Gasteiger partial charge in [0.25, 0.3) is 5.91 Å². The van der Waals surface area contributed by atoms with Gasteiger partial charge in [0.15, 0.2) is 0 Å². The number of halogens is 3. The lowest BCUT2D eigenvalue weighted by atomic mass is 10.1. The zero-order valence-electron chi connectivity index (χ0n) is 12.6. The average Bonchev–Trinajstić information content (AvgIpc) is 2.50. The van der Waals surface area contributed by atoms with Gasteiger partial charge in [0.05, 0.1) is 23.1 Å². The molecule has 0 saturated heterocycles.